The van der Waals surface area contributed by atoms with Crippen molar-refractivity contribution in [1.29, 1.82) is 0 Å². The highest BCUT2D eigenvalue weighted by molar-refractivity contribution is 6.03. The minimum atomic E-state index is -1.26. The SMILES string of the molecule is COc1c(N2CCC(C(c3ncco3)N(C)C)C2)cc(N)c2c(=O)c(C(=O)O)cn(C3CC3)c12. The summed E-state index contributed by atoms with van der Waals surface area (Å²) in [6, 6.07) is 1.88. The molecule has 0 spiro atoms. The van der Waals surface area contributed by atoms with Crippen LogP contribution in [0.5, 0.6) is 5.75 Å². The number of aromatic carboxylic acids is 1. The normalized spacial score (nSPS) is 19.2. The number of ether oxygens (including phenoxy) is 1. The Bertz CT molecular complexity index is 1300. The van der Waals surface area contributed by atoms with Crippen LogP contribution in [0.1, 0.15) is 47.6 Å². The summed E-state index contributed by atoms with van der Waals surface area (Å²) >= 11 is 0. The number of oxazole rings is 1. The number of hydrogen-bond donors (Lipinski definition) is 2. The molecule has 0 radical (unpaired) electrons. The first-order valence-corrected chi connectivity index (χ1v) is 11.4. The van der Waals surface area contributed by atoms with Gasteiger partial charge in [-0.1, -0.05) is 0 Å². The number of aromatic nitrogens is 2. The number of nitrogens with zero attached hydrogens (tertiary/aromatic N) is 4. The van der Waals surface area contributed by atoms with Gasteiger partial charge in [0.25, 0.3) is 0 Å². The standard InChI is InChI=1S/C24H29N5O5/c1-27(2)19(23-26-7-9-34-23)13-6-8-28(11-13)17-10-16(25)18-20(22(17)33-3)29(14-4-5-14)12-15(21(18)30)24(31)32/h7,9-10,12-14,19H,4-6,8,11,25H2,1-3H3,(H,31,32). The Morgan fingerprint density at radius 3 is 2.71 bits per heavy atom. The molecule has 2 unspecified atom stereocenters. The molecule has 1 aliphatic heterocycles. The number of carbonyl (C=O) groups is 1. The lowest BCUT2D eigenvalue weighted by atomic mass is 9.98. The second-order valence-corrected chi connectivity index (χ2v) is 9.33. The molecule has 3 aromatic rings. The van der Waals surface area contributed by atoms with Crippen molar-refractivity contribution >= 4 is 28.2 Å². The van der Waals surface area contributed by atoms with E-state index in [2.05, 4.69) is 14.8 Å². The quantitative estimate of drug-likeness (QED) is 0.504. The van der Waals surface area contributed by atoms with Gasteiger partial charge in [0.2, 0.25) is 11.3 Å². The van der Waals surface area contributed by atoms with Crippen LogP contribution in [-0.2, 0) is 0 Å². The van der Waals surface area contributed by atoms with Crippen LogP contribution in [0, 0.1) is 5.92 Å². The lowest BCUT2D eigenvalue weighted by Gasteiger charge is -2.28. The average Bonchev–Trinajstić information content (AvgIpc) is 3.28. The number of anilines is 2. The van der Waals surface area contributed by atoms with E-state index < -0.39 is 11.4 Å². The smallest absolute Gasteiger partial charge is 0.341 e. The van der Waals surface area contributed by atoms with Crippen molar-refractivity contribution in [3.63, 3.8) is 0 Å². The van der Waals surface area contributed by atoms with Crippen LogP contribution in [0.25, 0.3) is 10.9 Å². The lowest BCUT2D eigenvalue weighted by Crippen LogP contribution is -2.30. The maximum Gasteiger partial charge on any atom is 0.341 e. The molecular weight excluding hydrogens is 438 g/mol. The Labute approximate surface area is 196 Å². The van der Waals surface area contributed by atoms with Gasteiger partial charge in [0, 0.05) is 36.9 Å². The predicted octanol–water partition coefficient (Wildman–Crippen LogP) is 2.74. The van der Waals surface area contributed by atoms with Crippen molar-refractivity contribution in [3.05, 3.63) is 46.4 Å². The van der Waals surface area contributed by atoms with Crippen LogP contribution >= 0.6 is 0 Å². The number of methoxy groups -OCH3 is 1. The molecule has 2 atom stereocenters. The van der Waals surface area contributed by atoms with Gasteiger partial charge in [-0.05, 0) is 39.4 Å². The molecule has 10 nitrogen and oxygen atoms in total. The van der Waals surface area contributed by atoms with Crippen molar-refractivity contribution in [2.75, 3.05) is 44.9 Å². The number of carboxylic acid groups (broad SMARTS) is 1. The Hall–Kier alpha value is -3.53. The van der Waals surface area contributed by atoms with Gasteiger partial charge in [-0.2, -0.15) is 0 Å². The van der Waals surface area contributed by atoms with Crippen LogP contribution in [-0.4, -0.2) is 59.8 Å². The van der Waals surface area contributed by atoms with Gasteiger partial charge in [0.15, 0.2) is 5.75 Å². The first-order chi connectivity index (χ1) is 16.3. The first-order valence-electron chi connectivity index (χ1n) is 11.4. The topological polar surface area (TPSA) is 127 Å². The van der Waals surface area contributed by atoms with Crippen LogP contribution in [0.4, 0.5) is 11.4 Å². The highest BCUT2D eigenvalue weighted by atomic mass is 16.5. The van der Waals surface area contributed by atoms with E-state index in [0.29, 0.717) is 17.2 Å². The van der Waals surface area contributed by atoms with Gasteiger partial charge >= 0.3 is 5.97 Å². The molecule has 1 saturated carbocycles. The summed E-state index contributed by atoms with van der Waals surface area (Å²) in [5.41, 5.74) is 7.17. The molecule has 3 N–H and O–H groups in total. The van der Waals surface area contributed by atoms with E-state index in [4.69, 9.17) is 14.9 Å². The summed E-state index contributed by atoms with van der Waals surface area (Å²) in [5, 5.41) is 9.79. The molecule has 2 aliphatic rings. The zero-order valence-corrected chi connectivity index (χ0v) is 19.5. The van der Waals surface area contributed by atoms with E-state index in [1.54, 1.807) is 25.6 Å². The molecular formula is C24H29N5O5. The molecule has 2 aromatic heterocycles. The van der Waals surface area contributed by atoms with E-state index in [9.17, 15) is 14.7 Å². The fourth-order valence-electron chi connectivity index (χ4n) is 5.26. The summed E-state index contributed by atoms with van der Waals surface area (Å²) in [6.07, 6.45) is 7.43. The number of rotatable bonds is 7. The van der Waals surface area contributed by atoms with Gasteiger partial charge in [0.05, 0.1) is 35.9 Å². The molecule has 0 amide bonds. The van der Waals surface area contributed by atoms with Crippen molar-refractivity contribution < 1.29 is 19.1 Å². The summed E-state index contributed by atoms with van der Waals surface area (Å²) in [6.45, 7) is 1.51. The predicted molar refractivity (Wildman–Crippen MR) is 128 cm³/mol. The molecule has 5 rings (SSSR count). The van der Waals surface area contributed by atoms with Crippen LogP contribution in [0.15, 0.2) is 33.9 Å². The molecule has 1 aromatic carbocycles. The molecule has 180 valence electrons. The molecule has 1 saturated heterocycles. The molecule has 34 heavy (non-hydrogen) atoms. The van der Waals surface area contributed by atoms with Gasteiger partial charge in [-0.3, -0.25) is 9.69 Å². The first kappa shape index (κ1) is 22.3. The lowest BCUT2D eigenvalue weighted by molar-refractivity contribution is 0.0695. The second-order valence-electron chi connectivity index (χ2n) is 9.33. The zero-order chi connectivity index (χ0) is 24.1. The number of benzene rings is 1. The Morgan fingerprint density at radius 2 is 2.12 bits per heavy atom. The summed E-state index contributed by atoms with van der Waals surface area (Å²) < 4.78 is 13.4. The van der Waals surface area contributed by atoms with E-state index in [-0.39, 0.29) is 34.6 Å². The summed E-state index contributed by atoms with van der Waals surface area (Å²) in [5.74, 6) is 0.233. The number of nitrogen functional groups attached to an aromatic ring is 1. The number of carboxylic acids is 1. The Morgan fingerprint density at radius 1 is 1.35 bits per heavy atom. The van der Waals surface area contributed by atoms with Crippen molar-refractivity contribution in [2.45, 2.75) is 31.3 Å². The molecule has 3 heterocycles. The maximum absolute atomic E-state index is 13.1. The fourth-order valence-corrected chi connectivity index (χ4v) is 5.26. The van der Waals surface area contributed by atoms with Crippen molar-refractivity contribution in [1.82, 2.24) is 14.5 Å². The Kier molecular flexibility index (Phi) is 5.47. The van der Waals surface area contributed by atoms with Crippen LogP contribution in [0.3, 0.4) is 0 Å². The van der Waals surface area contributed by atoms with Gasteiger partial charge in [-0.15, -0.1) is 0 Å². The highest BCUT2D eigenvalue weighted by Crippen LogP contribution is 2.46. The molecule has 0 bridgehead atoms. The third-order valence-corrected chi connectivity index (χ3v) is 6.91. The zero-order valence-electron chi connectivity index (χ0n) is 19.5. The largest absolute Gasteiger partial charge is 0.492 e. The minimum Gasteiger partial charge on any atom is -0.492 e. The molecule has 10 heteroatoms. The van der Waals surface area contributed by atoms with Gasteiger partial charge in [0.1, 0.15) is 11.8 Å². The average molecular weight is 468 g/mol. The minimum absolute atomic E-state index is 0.0200. The summed E-state index contributed by atoms with van der Waals surface area (Å²) in [7, 11) is 5.60. The molecule has 2 fully saturated rings. The van der Waals surface area contributed by atoms with Crippen LogP contribution in [0.2, 0.25) is 0 Å². The third-order valence-electron chi connectivity index (χ3n) is 6.91. The van der Waals surface area contributed by atoms with Crippen LogP contribution < -0.4 is 20.8 Å². The maximum atomic E-state index is 13.1. The molecule has 1 aliphatic carbocycles. The monoisotopic (exact) mass is 467 g/mol. The van der Waals surface area contributed by atoms with Crippen molar-refractivity contribution in [3.8, 4) is 5.75 Å². The van der Waals surface area contributed by atoms with E-state index >= 15 is 0 Å². The Balaban J connectivity index is 1.61. The highest BCUT2D eigenvalue weighted by Gasteiger charge is 2.37. The number of fused-ring (bicyclic) bond motifs is 1. The number of hydrogen-bond acceptors (Lipinski definition) is 8. The number of pyridine rings is 1. The fraction of sp³-hybridized carbons (Fsp3) is 0.458. The number of nitrogens with two attached hydrogens (primary N) is 1. The van der Waals surface area contributed by atoms with Gasteiger partial charge in [-0.25, -0.2) is 9.78 Å². The van der Waals surface area contributed by atoms with Crippen molar-refractivity contribution in [2.24, 2.45) is 5.92 Å². The second kappa shape index (κ2) is 8.35. The van der Waals surface area contributed by atoms with E-state index in [1.165, 1.54) is 6.20 Å². The third kappa shape index (κ3) is 3.58. The van der Waals surface area contributed by atoms with Gasteiger partial charge < -0.3 is 29.5 Å². The summed E-state index contributed by atoms with van der Waals surface area (Å²) in [4.78, 5) is 33.5. The van der Waals surface area contributed by atoms with E-state index in [0.717, 1.165) is 38.0 Å². The van der Waals surface area contributed by atoms with E-state index in [1.807, 2.05) is 18.7 Å².